The van der Waals surface area contributed by atoms with Crippen molar-refractivity contribution >= 4 is 61.8 Å². The Morgan fingerprint density at radius 3 is 1.96 bits per heavy atom. The van der Waals surface area contributed by atoms with Crippen LogP contribution in [-0.4, -0.2) is 62.6 Å². The minimum absolute atomic E-state index is 0.0666. The number of hydrogen-bond acceptors (Lipinski definition) is 11. The Kier molecular flexibility index (Phi) is 12.1. The van der Waals surface area contributed by atoms with Gasteiger partial charge in [0.2, 0.25) is 11.5 Å². The van der Waals surface area contributed by atoms with Gasteiger partial charge in [-0.05, 0) is 30.7 Å². The molecule has 1 fully saturated rings. The summed E-state index contributed by atoms with van der Waals surface area (Å²) in [4.78, 5) is 49.8. The van der Waals surface area contributed by atoms with Crippen LogP contribution in [0.2, 0.25) is 0 Å². The SMILES string of the molecule is Cc1ccc(S(=O)(=O)O)cc1.Nc1nc(/C(=N/OC(c2ccccc2)(c2ccccc2)c2ccccc2)C(=O)NC=CC2=C(C(=O)O)N3C(=O)C[C@@H]3SC2)cs1. The van der Waals surface area contributed by atoms with Crippen LogP contribution < -0.4 is 11.1 Å². The van der Waals surface area contributed by atoms with E-state index in [0.29, 0.717) is 17.7 Å². The lowest BCUT2D eigenvalue weighted by Gasteiger charge is -2.43. The lowest BCUT2D eigenvalue weighted by molar-refractivity contribution is -0.146. The van der Waals surface area contributed by atoms with E-state index < -0.39 is 27.6 Å². The maximum Gasteiger partial charge on any atom is 0.352 e. The lowest BCUT2D eigenvalue weighted by Crippen LogP contribution is -2.53. The molecule has 3 heterocycles. The number of amides is 2. The van der Waals surface area contributed by atoms with Gasteiger partial charge < -0.3 is 21.0 Å². The molecule has 0 unspecified atom stereocenters. The minimum Gasteiger partial charge on any atom is -0.477 e. The molecule has 0 spiro atoms. The molecule has 56 heavy (non-hydrogen) atoms. The van der Waals surface area contributed by atoms with E-state index in [4.69, 9.17) is 15.1 Å². The third-order valence-electron chi connectivity index (χ3n) is 8.70. The second kappa shape index (κ2) is 17.2. The molecule has 0 aliphatic carbocycles. The number of rotatable bonds is 11. The van der Waals surface area contributed by atoms with Crippen LogP contribution in [0, 0.1) is 6.92 Å². The molecular formula is C40H35N5O8S3. The van der Waals surface area contributed by atoms with Crippen LogP contribution in [-0.2, 0) is 34.9 Å². The number of nitrogens with zero attached hydrogens (tertiary/aromatic N) is 3. The first-order valence-electron chi connectivity index (χ1n) is 16.9. The van der Waals surface area contributed by atoms with E-state index in [1.165, 1.54) is 41.1 Å². The van der Waals surface area contributed by atoms with Gasteiger partial charge in [0.25, 0.3) is 16.0 Å². The van der Waals surface area contributed by atoms with Crippen molar-refractivity contribution in [1.82, 2.24) is 15.2 Å². The Labute approximate surface area is 331 Å². The standard InChI is InChI=1S/C33H27N5O5S2.C7H8O3S/c34-32-36-25(20-45-32)28(30(40)35-17-16-21-19-44-27-18-26(39)38(27)29(21)31(41)42)37-43-33(22-10-4-1-5-11-22,23-12-6-2-7-13-23)24-14-8-3-9-15-24;1-6-2-4-7(5-3-6)11(8,9)10/h1-17,20,27H,18-19H2,(H2,34,36)(H,35,40)(H,41,42);2-5H,1H3,(H,8,9,10)/b17-16?,37-28-;/t27-;/m0./s1. The summed E-state index contributed by atoms with van der Waals surface area (Å²) in [6.07, 6.45) is 3.12. The van der Waals surface area contributed by atoms with Gasteiger partial charge in [-0.15, -0.1) is 23.1 Å². The summed E-state index contributed by atoms with van der Waals surface area (Å²) in [5, 5.41) is 18.6. The number of allylic oxidation sites excluding steroid dienone is 1. The van der Waals surface area contributed by atoms with E-state index in [0.717, 1.165) is 33.6 Å². The Morgan fingerprint density at radius 2 is 1.50 bits per heavy atom. The molecular weight excluding hydrogens is 775 g/mol. The van der Waals surface area contributed by atoms with E-state index in [2.05, 4.69) is 15.5 Å². The molecule has 2 aliphatic heterocycles. The number of oxime groups is 1. The number of hydrogen-bond donors (Lipinski definition) is 4. The predicted molar refractivity (Wildman–Crippen MR) is 214 cm³/mol. The Bertz CT molecular complexity index is 2320. The van der Waals surface area contributed by atoms with Gasteiger partial charge in [-0.3, -0.25) is 19.0 Å². The first-order chi connectivity index (χ1) is 26.9. The third kappa shape index (κ3) is 8.74. The largest absolute Gasteiger partial charge is 0.477 e. The molecule has 0 saturated carbocycles. The van der Waals surface area contributed by atoms with Gasteiger partial charge >= 0.3 is 5.97 Å². The monoisotopic (exact) mass is 809 g/mol. The van der Waals surface area contributed by atoms with E-state index in [1.807, 2.05) is 97.9 Å². The normalized spacial score (nSPS) is 15.7. The number of nitrogen functional groups attached to an aromatic ring is 1. The Balaban J connectivity index is 0.000000417. The number of fused-ring (bicyclic) bond motifs is 1. The number of aryl methyl sites for hydroxylation is 1. The fourth-order valence-corrected chi connectivity index (χ4v) is 8.22. The summed E-state index contributed by atoms with van der Waals surface area (Å²) in [6.45, 7) is 1.84. The molecule has 286 valence electrons. The smallest absolute Gasteiger partial charge is 0.352 e. The second-order valence-electron chi connectivity index (χ2n) is 12.4. The van der Waals surface area contributed by atoms with Crippen molar-refractivity contribution in [2.75, 3.05) is 11.5 Å². The molecule has 16 heteroatoms. The van der Waals surface area contributed by atoms with Gasteiger partial charge in [0.05, 0.1) is 16.7 Å². The number of carbonyl (C=O) groups is 3. The second-order valence-corrected chi connectivity index (χ2v) is 15.9. The highest BCUT2D eigenvalue weighted by molar-refractivity contribution is 8.00. The van der Waals surface area contributed by atoms with Crippen molar-refractivity contribution < 1.29 is 37.3 Å². The summed E-state index contributed by atoms with van der Waals surface area (Å²) in [5.74, 6) is -1.72. The number of aromatic nitrogens is 1. The van der Waals surface area contributed by atoms with E-state index >= 15 is 0 Å². The zero-order chi connectivity index (χ0) is 39.9. The van der Waals surface area contributed by atoms with Crippen LogP contribution in [0.1, 0.15) is 34.4 Å². The first-order valence-corrected chi connectivity index (χ1v) is 20.3. The number of anilines is 1. The fraction of sp³-hybridized carbons (Fsp3) is 0.125. The number of β-lactam (4-membered cyclic amide) rings is 1. The van der Waals surface area contributed by atoms with Crippen LogP contribution >= 0.6 is 23.1 Å². The molecule has 0 bridgehead atoms. The highest BCUT2D eigenvalue weighted by atomic mass is 32.2. The van der Waals surface area contributed by atoms with Crippen molar-refractivity contribution in [2.24, 2.45) is 5.16 Å². The van der Waals surface area contributed by atoms with Crippen LogP contribution in [0.25, 0.3) is 0 Å². The van der Waals surface area contributed by atoms with Crippen molar-refractivity contribution in [2.45, 2.75) is 29.2 Å². The number of carboxylic acids is 1. The zero-order valence-corrected chi connectivity index (χ0v) is 32.1. The number of nitrogens with one attached hydrogen (secondary N) is 1. The average molecular weight is 810 g/mol. The van der Waals surface area contributed by atoms with Crippen molar-refractivity contribution in [3.8, 4) is 0 Å². The number of carboxylic acid groups (broad SMARTS) is 1. The molecule has 13 nitrogen and oxygen atoms in total. The molecule has 5 aromatic rings. The summed E-state index contributed by atoms with van der Waals surface area (Å²) >= 11 is 2.62. The number of thioether (sulfide) groups is 1. The van der Waals surface area contributed by atoms with Gasteiger partial charge in [-0.25, -0.2) is 9.78 Å². The highest BCUT2D eigenvalue weighted by Crippen LogP contribution is 2.41. The summed E-state index contributed by atoms with van der Waals surface area (Å²) in [5.41, 5.74) is 8.38. The van der Waals surface area contributed by atoms with Crippen molar-refractivity contribution in [1.29, 1.82) is 0 Å². The maximum absolute atomic E-state index is 13.7. The summed E-state index contributed by atoms with van der Waals surface area (Å²) in [6, 6.07) is 34.7. The number of benzene rings is 4. The van der Waals surface area contributed by atoms with E-state index in [1.54, 1.807) is 17.5 Å². The molecule has 5 N–H and O–H groups in total. The molecule has 2 amide bonds. The van der Waals surface area contributed by atoms with Gasteiger partial charge in [0.15, 0.2) is 10.8 Å². The molecule has 4 aromatic carbocycles. The third-order valence-corrected chi connectivity index (χ3v) is 11.5. The van der Waals surface area contributed by atoms with Crippen molar-refractivity contribution in [3.05, 3.63) is 172 Å². The molecule has 7 rings (SSSR count). The van der Waals surface area contributed by atoms with Crippen LogP contribution in [0.5, 0.6) is 0 Å². The Hall–Kier alpha value is -6.07. The molecule has 0 radical (unpaired) electrons. The predicted octanol–water partition coefficient (Wildman–Crippen LogP) is 5.95. The van der Waals surface area contributed by atoms with E-state index in [-0.39, 0.29) is 38.4 Å². The van der Waals surface area contributed by atoms with Gasteiger partial charge in [0.1, 0.15) is 11.4 Å². The molecule has 1 aromatic heterocycles. The quantitative estimate of drug-likeness (QED) is 0.0404. The topological polar surface area (TPSA) is 202 Å². The molecule has 1 saturated heterocycles. The summed E-state index contributed by atoms with van der Waals surface area (Å²) < 4.78 is 29.6. The summed E-state index contributed by atoms with van der Waals surface area (Å²) in [7, 11) is -4.02. The van der Waals surface area contributed by atoms with Crippen LogP contribution in [0.4, 0.5) is 5.13 Å². The number of thiazole rings is 1. The molecule has 1 atom stereocenters. The number of carbonyl (C=O) groups excluding carboxylic acids is 2. The van der Waals surface area contributed by atoms with E-state index in [9.17, 15) is 27.9 Å². The average Bonchev–Trinajstić information content (AvgIpc) is 3.62. The van der Waals surface area contributed by atoms with Crippen LogP contribution in [0.3, 0.4) is 0 Å². The van der Waals surface area contributed by atoms with Crippen LogP contribution in [0.15, 0.2) is 154 Å². The highest BCUT2D eigenvalue weighted by Gasteiger charge is 2.45. The minimum atomic E-state index is -4.02. The first kappa shape index (κ1) is 39.6. The van der Waals surface area contributed by atoms with Crippen molar-refractivity contribution in [3.63, 3.8) is 0 Å². The van der Waals surface area contributed by atoms with Gasteiger partial charge in [-0.1, -0.05) is 114 Å². The molecule has 2 aliphatic rings. The maximum atomic E-state index is 13.7. The fourth-order valence-electron chi connectivity index (χ4n) is 5.95. The van der Waals surface area contributed by atoms with Gasteiger partial charge in [-0.2, -0.15) is 8.42 Å². The number of aliphatic carboxylic acids is 1. The lowest BCUT2D eigenvalue weighted by atomic mass is 9.80. The Morgan fingerprint density at radius 1 is 0.946 bits per heavy atom. The number of nitrogens with two attached hydrogens (primary N) is 1. The zero-order valence-electron chi connectivity index (χ0n) is 29.7. The van der Waals surface area contributed by atoms with Gasteiger partial charge in [0, 0.05) is 34.0 Å².